The Morgan fingerprint density at radius 3 is 2.11 bits per heavy atom. The molecule has 1 aliphatic heterocycles. The molecular formula is C24H26FN5O5. The minimum Gasteiger partial charge on any atom is -0.350 e. The average molecular weight is 484 g/mol. The lowest BCUT2D eigenvalue weighted by Crippen LogP contribution is -2.56. The summed E-state index contributed by atoms with van der Waals surface area (Å²) in [5.41, 5.74) is 6.00. The van der Waals surface area contributed by atoms with Gasteiger partial charge < -0.3 is 20.9 Å². The number of halogens is 1. The Kier molecular flexibility index (Phi) is 7.06. The fraction of sp³-hybridized carbons (Fsp3) is 0.375. The Hall–Kier alpha value is -3.86. The van der Waals surface area contributed by atoms with Crippen LogP contribution in [0, 0.1) is 15.9 Å². The van der Waals surface area contributed by atoms with Gasteiger partial charge >= 0.3 is 0 Å². The number of nitrogens with two attached hydrogens (primary N) is 1. The first kappa shape index (κ1) is 24.3. The summed E-state index contributed by atoms with van der Waals surface area (Å²) in [5, 5.41) is 13.9. The Labute approximate surface area is 201 Å². The lowest BCUT2D eigenvalue weighted by molar-refractivity contribution is -0.384. The first-order valence-electron chi connectivity index (χ1n) is 11.4. The third-order valence-electron chi connectivity index (χ3n) is 6.44. The molecule has 2 aromatic carbocycles. The van der Waals surface area contributed by atoms with Crippen LogP contribution in [0.5, 0.6) is 0 Å². The number of benzene rings is 2. The van der Waals surface area contributed by atoms with Gasteiger partial charge in [0.05, 0.1) is 4.92 Å². The van der Waals surface area contributed by atoms with Crippen LogP contribution < -0.4 is 11.1 Å². The van der Waals surface area contributed by atoms with Gasteiger partial charge in [-0.3, -0.25) is 24.5 Å². The number of nitro groups is 1. The van der Waals surface area contributed by atoms with Gasteiger partial charge in [0.1, 0.15) is 5.82 Å². The van der Waals surface area contributed by atoms with Crippen LogP contribution in [0.1, 0.15) is 46.4 Å². The standard InChI is InChI=1S/C24H26FN5O5/c25-17-3-1-2-16(14-17)24(33)29-13-12-28(23(32)15-4-10-20(11-5-15)30(34)35)22(29)21(31)27-19-8-6-18(26)7-9-19/h1-5,10-11,14,18-19,22H,6-9,12-13,26H2,(H,27,31). The van der Waals surface area contributed by atoms with E-state index in [1.165, 1.54) is 52.3 Å². The van der Waals surface area contributed by atoms with Crippen molar-refractivity contribution in [3.05, 3.63) is 75.6 Å². The largest absolute Gasteiger partial charge is 0.350 e. The van der Waals surface area contributed by atoms with Crippen molar-refractivity contribution < 1.29 is 23.7 Å². The summed E-state index contributed by atoms with van der Waals surface area (Å²) in [7, 11) is 0. The smallest absolute Gasteiger partial charge is 0.269 e. The number of nitro benzene ring substituents is 1. The molecule has 35 heavy (non-hydrogen) atoms. The first-order chi connectivity index (χ1) is 16.7. The lowest BCUT2D eigenvalue weighted by Gasteiger charge is -2.32. The fourth-order valence-corrected chi connectivity index (χ4v) is 4.55. The maximum atomic E-state index is 13.8. The van der Waals surface area contributed by atoms with Crippen molar-refractivity contribution >= 4 is 23.4 Å². The van der Waals surface area contributed by atoms with Crippen molar-refractivity contribution in [1.82, 2.24) is 15.1 Å². The highest BCUT2D eigenvalue weighted by molar-refractivity contribution is 6.02. The van der Waals surface area contributed by atoms with E-state index >= 15 is 0 Å². The zero-order valence-corrected chi connectivity index (χ0v) is 18.9. The number of carbonyl (C=O) groups excluding carboxylic acids is 3. The highest BCUT2D eigenvalue weighted by Gasteiger charge is 2.43. The molecule has 1 atom stereocenters. The van der Waals surface area contributed by atoms with Crippen molar-refractivity contribution in [2.45, 2.75) is 43.9 Å². The van der Waals surface area contributed by atoms with Crippen LogP contribution in [-0.2, 0) is 4.79 Å². The van der Waals surface area contributed by atoms with E-state index in [1.54, 1.807) is 0 Å². The first-order valence-corrected chi connectivity index (χ1v) is 11.4. The normalized spacial score (nSPS) is 22.1. The molecule has 1 unspecified atom stereocenters. The molecule has 184 valence electrons. The molecule has 2 aliphatic rings. The molecule has 1 saturated carbocycles. The molecule has 1 heterocycles. The van der Waals surface area contributed by atoms with E-state index in [0.717, 1.165) is 18.9 Å². The highest BCUT2D eigenvalue weighted by Crippen LogP contribution is 2.24. The van der Waals surface area contributed by atoms with Gasteiger partial charge in [0.2, 0.25) is 0 Å². The van der Waals surface area contributed by atoms with Crippen molar-refractivity contribution in [2.75, 3.05) is 13.1 Å². The second-order valence-electron chi connectivity index (χ2n) is 8.81. The molecule has 1 saturated heterocycles. The van der Waals surface area contributed by atoms with Crippen molar-refractivity contribution in [3.63, 3.8) is 0 Å². The lowest BCUT2D eigenvalue weighted by atomic mass is 9.92. The van der Waals surface area contributed by atoms with Gasteiger partial charge in [0.25, 0.3) is 23.4 Å². The van der Waals surface area contributed by atoms with Crippen LogP contribution >= 0.6 is 0 Å². The minimum absolute atomic E-state index is 0.0658. The summed E-state index contributed by atoms with van der Waals surface area (Å²) >= 11 is 0. The summed E-state index contributed by atoms with van der Waals surface area (Å²) in [6, 6.07) is 10.1. The van der Waals surface area contributed by atoms with Crippen LogP contribution in [0.3, 0.4) is 0 Å². The summed E-state index contributed by atoms with van der Waals surface area (Å²) in [6.45, 7) is 0.145. The van der Waals surface area contributed by atoms with Crippen LogP contribution in [0.4, 0.5) is 10.1 Å². The van der Waals surface area contributed by atoms with E-state index in [1.807, 2.05) is 0 Å². The number of non-ortho nitro benzene ring substituents is 1. The number of carbonyl (C=O) groups is 3. The average Bonchev–Trinajstić information content (AvgIpc) is 3.30. The summed E-state index contributed by atoms with van der Waals surface area (Å²) in [6.07, 6.45) is 1.64. The third kappa shape index (κ3) is 5.29. The molecule has 11 heteroatoms. The number of hydrogen-bond acceptors (Lipinski definition) is 6. The maximum absolute atomic E-state index is 13.8. The SMILES string of the molecule is NC1CCC(NC(=O)C2N(C(=O)c3ccc([N+](=O)[O-])cc3)CCN2C(=O)c2cccc(F)c2)CC1. The van der Waals surface area contributed by atoms with Gasteiger partial charge in [0, 0.05) is 48.4 Å². The van der Waals surface area contributed by atoms with Crippen LogP contribution in [0.15, 0.2) is 48.5 Å². The molecule has 0 spiro atoms. The maximum Gasteiger partial charge on any atom is 0.269 e. The summed E-state index contributed by atoms with van der Waals surface area (Å²) < 4.78 is 13.8. The summed E-state index contributed by atoms with van der Waals surface area (Å²) in [5.74, 6) is -2.22. The van der Waals surface area contributed by atoms with E-state index in [2.05, 4.69) is 5.32 Å². The molecule has 4 rings (SSSR count). The second-order valence-corrected chi connectivity index (χ2v) is 8.81. The number of nitrogens with zero attached hydrogens (tertiary/aromatic N) is 3. The van der Waals surface area contributed by atoms with Crippen LogP contribution in [0.2, 0.25) is 0 Å². The van der Waals surface area contributed by atoms with E-state index in [9.17, 15) is 28.9 Å². The quantitative estimate of drug-likeness (QED) is 0.493. The molecule has 1 aliphatic carbocycles. The molecular weight excluding hydrogens is 457 g/mol. The van der Waals surface area contributed by atoms with Gasteiger partial charge in [0.15, 0.2) is 6.17 Å². The second kappa shape index (κ2) is 10.2. The summed E-state index contributed by atoms with van der Waals surface area (Å²) in [4.78, 5) is 52.8. The number of amides is 3. The Bertz CT molecular complexity index is 1130. The molecule has 2 aromatic rings. The molecule has 0 bridgehead atoms. The number of hydrogen-bond donors (Lipinski definition) is 2. The monoisotopic (exact) mass is 483 g/mol. The number of nitrogens with one attached hydrogen (secondary N) is 1. The zero-order chi connectivity index (χ0) is 25.1. The highest BCUT2D eigenvalue weighted by atomic mass is 19.1. The predicted molar refractivity (Wildman–Crippen MR) is 124 cm³/mol. The van der Waals surface area contributed by atoms with Crippen LogP contribution in [0.25, 0.3) is 0 Å². The van der Waals surface area contributed by atoms with Crippen molar-refractivity contribution in [2.24, 2.45) is 5.73 Å². The van der Waals surface area contributed by atoms with Crippen molar-refractivity contribution in [3.8, 4) is 0 Å². The fourth-order valence-electron chi connectivity index (χ4n) is 4.55. The van der Waals surface area contributed by atoms with Gasteiger partial charge in [-0.2, -0.15) is 0 Å². The molecule has 0 aromatic heterocycles. The topological polar surface area (TPSA) is 139 Å². The van der Waals surface area contributed by atoms with Crippen molar-refractivity contribution in [1.29, 1.82) is 0 Å². The number of rotatable bonds is 5. The Morgan fingerprint density at radius 1 is 0.943 bits per heavy atom. The van der Waals surface area contributed by atoms with Crippen LogP contribution in [-0.4, -0.2) is 63.8 Å². The minimum atomic E-state index is -1.25. The van der Waals surface area contributed by atoms with E-state index in [-0.39, 0.29) is 42.0 Å². The Balaban J connectivity index is 1.60. The molecule has 2 fully saturated rings. The molecule has 10 nitrogen and oxygen atoms in total. The van der Waals surface area contributed by atoms with Gasteiger partial charge in [-0.1, -0.05) is 6.07 Å². The van der Waals surface area contributed by atoms with E-state index < -0.39 is 34.6 Å². The predicted octanol–water partition coefficient (Wildman–Crippen LogP) is 2.04. The molecule has 0 radical (unpaired) electrons. The van der Waals surface area contributed by atoms with E-state index in [0.29, 0.717) is 12.8 Å². The third-order valence-corrected chi connectivity index (χ3v) is 6.44. The zero-order valence-electron chi connectivity index (χ0n) is 18.9. The van der Waals surface area contributed by atoms with E-state index in [4.69, 9.17) is 5.73 Å². The van der Waals surface area contributed by atoms with Gasteiger partial charge in [-0.05, 0) is 56.0 Å². The Morgan fingerprint density at radius 2 is 1.54 bits per heavy atom. The molecule has 3 amide bonds. The van der Waals surface area contributed by atoms with Gasteiger partial charge in [-0.15, -0.1) is 0 Å². The molecule has 3 N–H and O–H groups in total. The van der Waals surface area contributed by atoms with Gasteiger partial charge in [-0.25, -0.2) is 4.39 Å².